The molecule has 5 heteroatoms. The van der Waals surface area contributed by atoms with Crippen LogP contribution in [0.5, 0.6) is 5.75 Å². The second-order valence-corrected chi connectivity index (χ2v) is 3.65. The van der Waals surface area contributed by atoms with Gasteiger partial charge < -0.3 is 15.2 Å². The van der Waals surface area contributed by atoms with E-state index in [4.69, 9.17) is 5.11 Å². The van der Waals surface area contributed by atoms with E-state index < -0.39 is 17.5 Å². The topological polar surface area (TPSA) is 73.3 Å². The molecule has 0 fully saturated rings. The monoisotopic (exact) mass is 223 g/mol. The number of fused-ring (bicyclic) bond motifs is 1. The van der Waals surface area contributed by atoms with Crippen molar-refractivity contribution in [1.29, 1.82) is 0 Å². The summed E-state index contributed by atoms with van der Waals surface area (Å²) in [6, 6.07) is 2.40. The van der Waals surface area contributed by atoms with Gasteiger partial charge >= 0.3 is 5.97 Å². The summed E-state index contributed by atoms with van der Waals surface area (Å²) < 4.78 is 13.1. The van der Waals surface area contributed by atoms with Crippen molar-refractivity contribution in [2.24, 2.45) is 0 Å². The summed E-state index contributed by atoms with van der Waals surface area (Å²) in [5, 5.41) is 18.5. The van der Waals surface area contributed by atoms with E-state index in [0.29, 0.717) is 22.2 Å². The Balaban J connectivity index is 2.68. The van der Waals surface area contributed by atoms with Gasteiger partial charge in [0.2, 0.25) is 0 Å². The molecule has 0 aliphatic carbocycles. The molecule has 0 aliphatic rings. The first-order valence-electron chi connectivity index (χ1n) is 4.70. The second kappa shape index (κ2) is 3.52. The quantitative estimate of drug-likeness (QED) is 0.728. The molecule has 0 spiro atoms. The number of aryl methyl sites for hydroxylation is 1. The van der Waals surface area contributed by atoms with E-state index in [1.807, 2.05) is 0 Å². The number of carboxylic acids is 1. The van der Waals surface area contributed by atoms with Crippen LogP contribution in [0.25, 0.3) is 10.9 Å². The molecule has 0 atom stereocenters. The van der Waals surface area contributed by atoms with Crippen LogP contribution in [0.2, 0.25) is 0 Å². The third-order valence-electron chi connectivity index (χ3n) is 2.51. The average Bonchev–Trinajstić information content (AvgIpc) is 2.45. The van der Waals surface area contributed by atoms with Gasteiger partial charge in [-0.05, 0) is 18.6 Å². The van der Waals surface area contributed by atoms with Crippen LogP contribution >= 0.6 is 0 Å². The fraction of sp³-hybridized carbons (Fsp3) is 0.182. The Morgan fingerprint density at radius 3 is 2.81 bits per heavy atom. The number of carbonyl (C=O) groups is 1. The zero-order chi connectivity index (χ0) is 11.9. The zero-order valence-electron chi connectivity index (χ0n) is 8.54. The minimum atomic E-state index is -0.965. The summed E-state index contributed by atoms with van der Waals surface area (Å²) in [6.45, 7) is 1.72. The maximum Gasteiger partial charge on any atom is 0.307 e. The molecule has 0 unspecified atom stereocenters. The van der Waals surface area contributed by atoms with Gasteiger partial charge in [-0.2, -0.15) is 0 Å². The lowest BCUT2D eigenvalue weighted by Gasteiger charge is -1.98. The lowest BCUT2D eigenvalue weighted by atomic mass is 10.1. The highest BCUT2D eigenvalue weighted by molar-refractivity contribution is 5.89. The number of hydrogen-bond donors (Lipinski definition) is 3. The van der Waals surface area contributed by atoms with E-state index in [2.05, 4.69) is 4.98 Å². The van der Waals surface area contributed by atoms with E-state index in [1.54, 1.807) is 6.92 Å². The van der Waals surface area contributed by atoms with Crippen molar-refractivity contribution in [3.05, 3.63) is 29.2 Å². The van der Waals surface area contributed by atoms with Gasteiger partial charge in [0, 0.05) is 22.7 Å². The van der Waals surface area contributed by atoms with Gasteiger partial charge in [0.05, 0.1) is 6.42 Å². The number of phenolic OH excluding ortho intramolecular Hbond substituents is 1. The Kier molecular flexibility index (Phi) is 2.30. The molecule has 84 valence electrons. The maximum atomic E-state index is 13.1. The van der Waals surface area contributed by atoms with Crippen LogP contribution in [0.3, 0.4) is 0 Å². The Morgan fingerprint density at radius 1 is 1.50 bits per heavy atom. The number of aromatic amines is 1. The molecule has 2 aromatic rings. The molecule has 0 saturated heterocycles. The molecule has 1 heterocycles. The molecule has 3 N–H and O–H groups in total. The molecule has 2 rings (SSSR count). The molecule has 0 saturated carbocycles. The predicted octanol–water partition coefficient (Wildman–Crippen LogP) is 1.95. The minimum Gasteiger partial charge on any atom is -0.505 e. The van der Waals surface area contributed by atoms with Crippen molar-refractivity contribution in [2.45, 2.75) is 13.3 Å². The van der Waals surface area contributed by atoms with E-state index in [-0.39, 0.29) is 6.42 Å². The highest BCUT2D eigenvalue weighted by atomic mass is 19.1. The smallest absolute Gasteiger partial charge is 0.307 e. The number of H-pyrrole nitrogens is 1. The third-order valence-corrected chi connectivity index (χ3v) is 2.51. The van der Waals surface area contributed by atoms with Gasteiger partial charge in [0.1, 0.15) is 0 Å². The van der Waals surface area contributed by atoms with E-state index in [9.17, 15) is 14.3 Å². The first-order valence-corrected chi connectivity index (χ1v) is 4.70. The fourth-order valence-electron chi connectivity index (χ4n) is 1.77. The van der Waals surface area contributed by atoms with Gasteiger partial charge in [-0.25, -0.2) is 4.39 Å². The van der Waals surface area contributed by atoms with Gasteiger partial charge in [-0.15, -0.1) is 0 Å². The first kappa shape index (κ1) is 10.5. The number of aliphatic carboxylic acids is 1. The molecule has 1 aromatic carbocycles. The number of carboxylic acid groups (broad SMARTS) is 1. The molecular formula is C11H10FNO3. The first-order chi connectivity index (χ1) is 7.49. The van der Waals surface area contributed by atoms with Gasteiger partial charge in [-0.3, -0.25) is 4.79 Å². The average molecular weight is 223 g/mol. The molecular weight excluding hydrogens is 213 g/mol. The van der Waals surface area contributed by atoms with Crippen molar-refractivity contribution in [1.82, 2.24) is 4.98 Å². The van der Waals surface area contributed by atoms with Crippen LogP contribution in [-0.2, 0) is 11.2 Å². The van der Waals surface area contributed by atoms with Gasteiger partial charge in [0.25, 0.3) is 0 Å². The highest BCUT2D eigenvalue weighted by Crippen LogP contribution is 2.28. The standard InChI is InChI=1S/C11H10FNO3/c1-5-6(3-11(15)16)7-2-10(14)8(12)4-9(7)13-5/h2,4,13-14H,3H2,1H3,(H,15,16). The van der Waals surface area contributed by atoms with Crippen LogP contribution < -0.4 is 0 Å². The number of nitrogens with one attached hydrogen (secondary N) is 1. The molecule has 1 aromatic heterocycles. The van der Waals surface area contributed by atoms with Crippen LogP contribution in [0.15, 0.2) is 12.1 Å². The normalized spacial score (nSPS) is 10.9. The molecule has 16 heavy (non-hydrogen) atoms. The Labute approximate surface area is 90.3 Å². The van der Waals surface area contributed by atoms with Crippen LogP contribution in [0.1, 0.15) is 11.3 Å². The van der Waals surface area contributed by atoms with Crippen molar-refractivity contribution in [2.75, 3.05) is 0 Å². The van der Waals surface area contributed by atoms with Crippen LogP contribution in [-0.4, -0.2) is 21.2 Å². The number of phenols is 1. The largest absolute Gasteiger partial charge is 0.505 e. The van der Waals surface area contributed by atoms with Crippen molar-refractivity contribution >= 4 is 16.9 Å². The summed E-state index contributed by atoms with van der Waals surface area (Å²) in [6.07, 6.45) is -0.156. The Bertz CT molecular complexity index is 574. The lowest BCUT2D eigenvalue weighted by Crippen LogP contribution is -2.00. The van der Waals surface area contributed by atoms with E-state index >= 15 is 0 Å². The highest BCUT2D eigenvalue weighted by Gasteiger charge is 2.14. The Hall–Kier alpha value is -2.04. The summed E-state index contributed by atoms with van der Waals surface area (Å²) >= 11 is 0. The van der Waals surface area contributed by atoms with Crippen molar-refractivity contribution < 1.29 is 19.4 Å². The maximum absolute atomic E-state index is 13.1. The van der Waals surface area contributed by atoms with Crippen molar-refractivity contribution in [3.63, 3.8) is 0 Å². The van der Waals surface area contributed by atoms with Gasteiger partial charge in [-0.1, -0.05) is 0 Å². The second-order valence-electron chi connectivity index (χ2n) is 3.65. The number of hydrogen-bond acceptors (Lipinski definition) is 2. The van der Waals surface area contributed by atoms with E-state index in [1.165, 1.54) is 6.07 Å². The molecule has 0 radical (unpaired) electrons. The number of aromatic nitrogens is 1. The number of aromatic hydroxyl groups is 1. The number of benzene rings is 1. The number of halogens is 1. The lowest BCUT2D eigenvalue weighted by molar-refractivity contribution is -0.136. The SMILES string of the molecule is Cc1[nH]c2cc(F)c(O)cc2c1CC(=O)O. The minimum absolute atomic E-state index is 0.156. The Morgan fingerprint density at radius 2 is 2.19 bits per heavy atom. The van der Waals surface area contributed by atoms with Gasteiger partial charge in [0.15, 0.2) is 11.6 Å². The fourth-order valence-corrected chi connectivity index (χ4v) is 1.77. The summed E-state index contributed by atoms with van der Waals surface area (Å²) in [5.74, 6) is -2.17. The molecule has 0 bridgehead atoms. The predicted molar refractivity (Wildman–Crippen MR) is 56.0 cm³/mol. The third kappa shape index (κ3) is 1.60. The number of rotatable bonds is 2. The van der Waals surface area contributed by atoms with Crippen LogP contribution in [0, 0.1) is 12.7 Å². The zero-order valence-corrected chi connectivity index (χ0v) is 8.54. The van der Waals surface area contributed by atoms with E-state index in [0.717, 1.165) is 6.07 Å². The summed E-state index contributed by atoms with van der Waals surface area (Å²) in [5.41, 5.74) is 1.73. The summed E-state index contributed by atoms with van der Waals surface area (Å²) in [4.78, 5) is 13.5. The van der Waals surface area contributed by atoms with Crippen LogP contribution in [0.4, 0.5) is 4.39 Å². The molecule has 0 amide bonds. The molecule has 0 aliphatic heterocycles. The molecule has 4 nitrogen and oxygen atoms in total. The van der Waals surface area contributed by atoms with Crippen molar-refractivity contribution in [3.8, 4) is 5.75 Å². The summed E-state index contributed by atoms with van der Waals surface area (Å²) in [7, 11) is 0.